The van der Waals surface area contributed by atoms with Crippen molar-refractivity contribution in [2.75, 3.05) is 51.4 Å². The number of aliphatic imine (C=N–C) groups is 1. The molecule has 0 saturated carbocycles. The molecule has 0 saturated heterocycles. The van der Waals surface area contributed by atoms with Gasteiger partial charge >= 0.3 is 13.6 Å². The van der Waals surface area contributed by atoms with Crippen LogP contribution in [0.5, 0.6) is 0 Å². The standard InChI is InChI=1S/C18H31ClN5O5P/c1-4-28-30(26,29-5-2)12-11-23(8-6-7-15(25)27-3)9-10-24-14-22-16-17(19)20-13-21-18(16)24/h13-14,17H,4-12H2,1-3H3,(H,20,21). The van der Waals surface area contributed by atoms with Crippen molar-refractivity contribution in [3.05, 3.63) is 12.0 Å². The van der Waals surface area contributed by atoms with E-state index in [0.717, 1.165) is 5.82 Å². The molecule has 0 spiro atoms. The molecule has 1 unspecified atom stereocenters. The van der Waals surface area contributed by atoms with Crippen LogP contribution in [0.3, 0.4) is 0 Å². The number of hydrogen-bond acceptors (Lipinski definition) is 9. The number of halogens is 1. The second-order valence-corrected chi connectivity index (χ2v) is 9.22. The Morgan fingerprint density at radius 2 is 2.03 bits per heavy atom. The van der Waals surface area contributed by atoms with Crippen molar-refractivity contribution < 1.29 is 23.1 Å². The fraction of sp³-hybridized carbons (Fsp3) is 0.722. The number of rotatable bonds is 14. The number of alkyl halides is 1. The number of carbonyl (C=O) groups is 1. The van der Waals surface area contributed by atoms with E-state index in [-0.39, 0.29) is 12.1 Å². The first-order valence-electron chi connectivity index (χ1n) is 10.1. The second-order valence-electron chi connectivity index (χ2n) is 6.62. The van der Waals surface area contributed by atoms with Gasteiger partial charge in [0, 0.05) is 26.1 Å². The first-order chi connectivity index (χ1) is 14.4. The van der Waals surface area contributed by atoms with Crippen LogP contribution >= 0.6 is 19.2 Å². The van der Waals surface area contributed by atoms with E-state index in [2.05, 4.69) is 20.2 Å². The molecular formula is C18H31ClN5O5P. The molecule has 2 heterocycles. The maximum atomic E-state index is 12.8. The zero-order chi connectivity index (χ0) is 22.0. The molecule has 30 heavy (non-hydrogen) atoms. The highest BCUT2D eigenvalue weighted by Crippen LogP contribution is 2.47. The molecule has 1 aromatic rings. The van der Waals surface area contributed by atoms with E-state index in [1.807, 2.05) is 4.57 Å². The fourth-order valence-electron chi connectivity index (χ4n) is 3.09. The lowest BCUT2D eigenvalue weighted by Gasteiger charge is -2.25. The molecule has 2 rings (SSSR count). The fourth-order valence-corrected chi connectivity index (χ4v) is 4.95. The Hall–Kier alpha value is -1.45. The summed E-state index contributed by atoms with van der Waals surface area (Å²) in [6, 6.07) is 0. The van der Waals surface area contributed by atoms with Crippen molar-refractivity contribution in [3.8, 4) is 0 Å². The normalized spacial score (nSPS) is 15.8. The Balaban J connectivity index is 1.99. The average molecular weight is 464 g/mol. The third-order valence-electron chi connectivity index (χ3n) is 4.58. The van der Waals surface area contributed by atoms with Gasteiger partial charge in [-0.3, -0.25) is 9.36 Å². The number of methoxy groups -OCH3 is 1. The van der Waals surface area contributed by atoms with Gasteiger partial charge in [0.05, 0.1) is 39.2 Å². The van der Waals surface area contributed by atoms with Crippen LogP contribution in [0, 0.1) is 0 Å². The minimum Gasteiger partial charge on any atom is -0.469 e. The third-order valence-corrected chi connectivity index (χ3v) is 6.95. The number of esters is 1. The predicted molar refractivity (Wildman–Crippen MR) is 116 cm³/mol. The van der Waals surface area contributed by atoms with Gasteiger partial charge in [-0.05, 0) is 26.8 Å². The summed E-state index contributed by atoms with van der Waals surface area (Å²) in [6.45, 7) is 6.71. The van der Waals surface area contributed by atoms with Gasteiger partial charge in [-0.15, -0.1) is 0 Å². The third kappa shape index (κ3) is 7.35. The van der Waals surface area contributed by atoms with Crippen LogP contribution in [-0.2, 0) is 29.7 Å². The topological polar surface area (TPSA) is 107 Å². The number of anilines is 1. The molecular weight excluding hydrogens is 433 g/mol. The highest BCUT2D eigenvalue weighted by atomic mass is 35.5. The summed E-state index contributed by atoms with van der Waals surface area (Å²) in [4.78, 5) is 22.0. The molecule has 10 nitrogen and oxygen atoms in total. The molecule has 1 aromatic heterocycles. The van der Waals surface area contributed by atoms with Crippen LogP contribution in [0.2, 0.25) is 0 Å². The zero-order valence-corrected chi connectivity index (χ0v) is 19.4. The van der Waals surface area contributed by atoms with E-state index in [0.29, 0.717) is 57.9 Å². The van der Waals surface area contributed by atoms with Gasteiger partial charge in [0.2, 0.25) is 0 Å². The van der Waals surface area contributed by atoms with E-state index in [1.165, 1.54) is 7.11 Å². The summed E-state index contributed by atoms with van der Waals surface area (Å²) < 4.78 is 30.3. The quantitative estimate of drug-likeness (QED) is 0.194. The smallest absolute Gasteiger partial charge is 0.331 e. The lowest BCUT2D eigenvalue weighted by atomic mass is 10.3. The van der Waals surface area contributed by atoms with E-state index < -0.39 is 13.1 Å². The van der Waals surface area contributed by atoms with E-state index in [4.69, 9.17) is 25.4 Å². The number of hydrogen-bond donors (Lipinski definition) is 1. The molecule has 170 valence electrons. The van der Waals surface area contributed by atoms with Crippen LogP contribution in [0.4, 0.5) is 5.82 Å². The Kier molecular flexibility index (Phi) is 10.3. The lowest BCUT2D eigenvalue weighted by Crippen LogP contribution is -2.32. The van der Waals surface area contributed by atoms with Gasteiger partial charge in [0.25, 0.3) is 0 Å². The first-order valence-corrected chi connectivity index (χ1v) is 12.2. The Morgan fingerprint density at radius 3 is 2.70 bits per heavy atom. The molecule has 0 aliphatic carbocycles. The SMILES string of the molecule is CCOP(=O)(CCN(CCCC(=O)OC)CCn1cnc2c1NC=NC2Cl)OCC. The molecule has 0 fully saturated rings. The van der Waals surface area contributed by atoms with Crippen molar-refractivity contribution >= 4 is 37.3 Å². The van der Waals surface area contributed by atoms with Crippen LogP contribution in [0.1, 0.15) is 37.9 Å². The highest BCUT2D eigenvalue weighted by Gasteiger charge is 2.25. The van der Waals surface area contributed by atoms with Gasteiger partial charge in [0.1, 0.15) is 11.5 Å². The number of nitrogens with one attached hydrogen (secondary N) is 1. The summed E-state index contributed by atoms with van der Waals surface area (Å²) >= 11 is 6.17. The molecule has 0 bridgehead atoms. The Morgan fingerprint density at radius 1 is 1.30 bits per heavy atom. The molecule has 1 atom stereocenters. The zero-order valence-electron chi connectivity index (χ0n) is 17.8. The monoisotopic (exact) mass is 463 g/mol. The molecule has 0 radical (unpaired) electrons. The largest absolute Gasteiger partial charge is 0.469 e. The molecule has 1 N–H and O–H groups in total. The van der Waals surface area contributed by atoms with Gasteiger partial charge in [0.15, 0.2) is 5.50 Å². The van der Waals surface area contributed by atoms with Crippen LogP contribution in [-0.4, -0.2) is 72.9 Å². The van der Waals surface area contributed by atoms with Crippen LogP contribution in [0.15, 0.2) is 11.3 Å². The van der Waals surface area contributed by atoms with E-state index >= 15 is 0 Å². The van der Waals surface area contributed by atoms with Crippen molar-refractivity contribution in [1.29, 1.82) is 0 Å². The van der Waals surface area contributed by atoms with Crippen molar-refractivity contribution in [3.63, 3.8) is 0 Å². The Bertz CT molecular complexity index is 749. The average Bonchev–Trinajstić information content (AvgIpc) is 3.14. The summed E-state index contributed by atoms with van der Waals surface area (Å²) in [7, 11) is -1.76. The highest BCUT2D eigenvalue weighted by molar-refractivity contribution is 7.53. The van der Waals surface area contributed by atoms with Crippen molar-refractivity contribution in [1.82, 2.24) is 14.5 Å². The summed E-state index contributed by atoms with van der Waals surface area (Å²) in [5.74, 6) is 0.568. The van der Waals surface area contributed by atoms with Crippen LogP contribution < -0.4 is 5.32 Å². The number of nitrogens with zero attached hydrogens (tertiary/aromatic N) is 4. The number of imidazole rings is 1. The van der Waals surface area contributed by atoms with Gasteiger partial charge in [-0.2, -0.15) is 0 Å². The minimum atomic E-state index is -3.14. The number of aromatic nitrogens is 2. The number of ether oxygens (including phenoxy) is 1. The van der Waals surface area contributed by atoms with Gasteiger partial charge in [-0.1, -0.05) is 11.6 Å². The lowest BCUT2D eigenvalue weighted by molar-refractivity contribution is -0.140. The van der Waals surface area contributed by atoms with Gasteiger partial charge < -0.3 is 28.6 Å². The molecule has 0 aromatic carbocycles. The molecule has 1 aliphatic rings. The van der Waals surface area contributed by atoms with E-state index in [1.54, 1.807) is 26.5 Å². The molecule has 0 amide bonds. The molecule has 1 aliphatic heterocycles. The van der Waals surface area contributed by atoms with Crippen molar-refractivity contribution in [2.24, 2.45) is 4.99 Å². The Labute approximate surface area is 182 Å². The number of carbonyl (C=O) groups excluding carboxylic acids is 1. The minimum absolute atomic E-state index is 0.246. The van der Waals surface area contributed by atoms with Crippen LogP contribution in [0.25, 0.3) is 0 Å². The molecule has 12 heteroatoms. The summed E-state index contributed by atoms with van der Waals surface area (Å²) in [6.07, 6.45) is 4.53. The predicted octanol–water partition coefficient (Wildman–Crippen LogP) is 3.10. The number of fused-ring (bicyclic) bond motifs is 1. The maximum absolute atomic E-state index is 12.8. The van der Waals surface area contributed by atoms with Crippen molar-refractivity contribution in [2.45, 2.75) is 38.7 Å². The van der Waals surface area contributed by atoms with E-state index in [9.17, 15) is 9.36 Å². The summed E-state index contributed by atoms with van der Waals surface area (Å²) in [5, 5.41) is 3.08. The second kappa shape index (κ2) is 12.4. The van der Waals surface area contributed by atoms with Gasteiger partial charge in [-0.25, -0.2) is 9.98 Å². The maximum Gasteiger partial charge on any atom is 0.331 e. The summed E-state index contributed by atoms with van der Waals surface area (Å²) in [5.41, 5.74) is 0.190. The first kappa shape index (κ1) is 24.8.